The number of hydrogen-bond acceptors (Lipinski definition) is 6. The smallest absolute Gasteiger partial charge is 0.165 e. The van der Waals surface area contributed by atoms with E-state index >= 15 is 0 Å². The van der Waals surface area contributed by atoms with Crippen LogP contribution >= 0.6 is 22.7 Å². The van der Waals surface area contributed by atoms with Gasteiger partial charge in [-0.05, 0) is 46.5 Å². The molecule has 0 unspecified atom stereocenters. The Balaban J connectivity index is 1.08. The van der Waals surface area contributed by atoms with E-state index in [2.05, 4.69) is 103 Å². The quantitative estimate of drug-likeness (QED) is 0.173. The summed E-state index contributed by atoms with van der Waals surface area (Å²) in [6.45, 7) is 0. The monoisotopic (exact) mass is 700 g/mol. The highest BCUT2D eigenvalue weighted by atomic mass is 32.1. The minimum absolute atomic E-state index is 0.659. The molecule has 6 heteroatoms. The van der Waals surface area contributed by atoms with Crippen LogP contribution in [0.4, 0.5) is 0 Å². The van der Waals surface area contributed by atoms with Crippen LogP contribution in [0.2, 0.25) is 0 Å². The highest BCUT2D eigenvalue weighted by Crippen LogP contribution is 2.44. The van der Waals surface area contributed by atoms with Crippen LogP contribution in [0.25, 0.3) is 97.4 Å². The standard InChI is InChI=1S/C46H28N4S2/c1-4-13-29(14-5-1)32-25-26-40-39(28-32)47-46(51-40)34-20-10-19-33(27-34)35-21-11-22-36-37-23-12-24-38(42(37)52-41(35)36)45-49-43(30-15-6-2-7-16-30)48-44(50-45)31-17-8-3-9-18-31/h1-28H. The van der Waals surface area contributed by atoms with E-state index in [1.54, 1.807) is 22.7 Å². The van der Waals surface area contributed by atoms with Crippen molar-refractivity contribution in [2.24, 2.45) is 0 Å². The molecule has 10 aromatic rings. The van der Waals surface area contributed by atoms with Gasteiger partial charge in [0, 0.05) is 42.4 Å². The van der Waals surface area contributed by atoms with Gasteiger partial charge in [0.2, 0.25) is 0 Å². The lowest BCUT2D eigenvalue weighted by atomic mass is 10.0. The van der Waals surface area contributed by atoms with Crippen molar-refractivity contribution in [3.63, 3.8) is 0 Å². The van der Waals surface area contributed by atoms with E-state index in [-0.39, 0.29) is 0 Å². The van der Waals surface area contributed by atoms with E-state index in [9.17, 15) is 0 Å². The van der Waals surface area contributed by atoms with Gasteiger partial charge in [0.15, 0.2) is 17.5 Å². The molecule has 0 radical (unpaired) electrons. The van der Waals surface area contributed by atoms with Crippen LogP contribution in [0.1, 0.15) is 0 Å². The first-order chi connectivity index (χ1) is 25.7. The minimum Gasteiger partial charge on any atom is -0.236 e. The molecule has 0 atom stereocenters. The second-order valence-corrected chi connectivity index (χ2v) is 14.7. The molecule has 0 amide bonds. The number of rotatable bonds is 6. The molecule has 0 saturated heterocycles. The van der Waals surface area contributed by atoms with Gasteiger partial charge >= 0.3 is 0 Å². The van der Waals surface area contributed by atoms with Gasteiger partial charge in [-0.1, -0.05) is 146 Å². The summed E-state index contributed by atoms with van der Waals surface area (Å²) in [6, 6.07) is 59.2. The molecular formula is C46H28N4S2. The summed E-state index contributed by atoms with van der Waals surface area (Å²) in [6.07, 6.45) is 0. The molecule has 52 heavy (non-hydrogen) atoms. The van der Waals surface area contributed by atoms with Gasteiger partial charge < -0.3 is 0 Å². The van der Waals surface area contributed by atoms with Gasteiger partial charge in [-0.2, -0.15) is 0 Å². The Labute approximate surface area is 308 Å². The van der Waals surface area contributed by atoms with Crippen molar-refractivity contribution < 1.29 is 0 Å². The first-order valence-corrected chi connectivity index (χ1v) is 18.8. The molecule has 0 N–H and O–H groups in total. The zero-order valence-electron chi connectivity index (χ0n) is 27.8. The van der Waals surface area contributed by atoms with Crippen molar-refractivity contribution in [1.29, 1.82) is 0 Å². The summed E-state index contributed by atoms with van der Waals surface area (Å²) in [5.41, 5.74) is 9.80. The Morgan fingerprint density at radius 3 is 1.54 bits per heavy atom. The predicted molar refractivity (Wildman–Crippen MR) is 219 cm³/mol. The second kappa shape index (κ2) is 12.8. The third kappa shape index (κ3) is 5.46. The van der Waals surface area contributed by atoms with E-state index in [0.717, 1.165) is 37.5 Å². The van der Waals surface area contributed by atoms with E-state index in [1.165, 1.54) is 42.4 Å². The average molecular weight is 701 g/mol. The Morgan fingerprint density at radius 2 is 0.865 bits per heavy atom. The summed E-state index contributed by atoms with van der Waals surface area (Å²) in [7, 11) is 0. The fourth-order valence-corrected chi connectivity index (χ4v) is 9.12. The Kier molecular flexibility index (Phi) is 7.48. The zero-order chi connectivity index (χ0) is 34.4. The van der Waals surface area contributed by atoms with Gasteiger partial charge in [0.25, 0.3) is 0 Å². The number of thiophene rings is 1. The third-order valence-corrected chi connectivity index (χ3v) is 11.8. The van der Waals surface area contributed by atoms with Gasteiger partial charge in [0.1, 0.15) is 5.01 Å². The van der Waals surface area contributed by atoms with E-state index in [1.807, 2.05) is 66.7 Å². The number of nitrogens with zero attached hydrogens (tertiary/aromatic N) is 4. The molecule has 10 rings (SSSR count). The molecule has 0 saturated carbocycles. The highest BCUT2D eigenvalue weighted by Gasteiger charge is 2.18. The van der Waals surface area contributed by atoms with Crippen molar-refractivity contribution in [2.75, 3.05) is 0 Å². The van der Waals surface area contributed by atoms with Crippen molar-refractivity contribution >= 4 is 53.1 Å². The fourth-order valence-electron chi connectivity index (χ4n) is 6.83. The largest absolute Gasteiger partial charge is 0.236 e. The lowest BCUT2D eigenvalue weighted by Gasteiger charge is -2.09. The lowest BCUT2D eigenvalue weighted by molar-refractivity contribution is 1.08. The Morgan fingerprint density at radius 1 is 0.327 bits per heavy atom. The first-order valence-electron chi connectivity index (χ1n) is 17.1. The summed E-state index contributed by atoms with van der Waals surface area (Å²) in [5, 5.41) is 3.43. The maximum atomic E-state index is 5.11. The van der Waals surface area contributed by atoms with Crippen LogP contribution in [0.5, 0.6) is 0 Å². The third-order valence-electron chi connectivity index (χ3n) is 9.38. The molecule has 3 heterocycles. The molecule has 7 aromatic carbocycles. The molecule has 0 aliphatic heterocycles. The molecule has 244 valence electrons. The van der Waals surface area contributed by atoms with Gasteiger partial charge in [-0.15, -0.1) is 22.7 Å². The summed E-state index contributed by atoms with van der Waals surface area (Å²) < 4.78 is 3.58. The molecule has 0 aliphatic carbocycles. The minimum atomic E-state index is 0.659. The lowest BCUT2D eigenvalue weighted by Crippen LogP contribution is -2.00. The Hall–Kier alpha value is -6.34. The normalized spacial score (nSPS) is 11.5. The van der Waals surface area contributed by atoms with Gasteiger partial charge in [-0.25, -0.2) is 19.9 Å². The SMILES string of the molecule is c1ccc(-c2ccc3sc(-c4cccc(-c5cccc6c5sc5c(-c7nc(-c8ccccc8)nc(-c8ccccc8)n7)cccc56)c4)nc3c2)cc1. The van der Waals surface area contributed by atoms with Gasteiger partial charge in [-0.3, -0.25) is 0 Å². The van der Waals surface area contributed by atoms with Crippen molar-refractivity contribution in [1.82, 2.24) is 19.9 Å². The zero-order valence-corrected chi connectivity index (χ0v) is 29.4. The summed E-state index contributed by atoms with van der Waals surface area (Å²) in [4.78, 5) is 20.2. The van der Waals surface area contributed by atoms with Crippen LogP contribution in [-0.4, -0.2) is 19.9 Å². The topological polar surface area (TPSA) is 51.6 Å². The van der Waals surface area contributed by atoms with E-state index < -0.39 is 0 Å². The molecule has 3 aromatic heterocycles. The number of benzene rings is 7. The van der Waals surface area contributed by atoms with Crippen LogP contribution in [-0.2, 0) is 0 Å². The number of fused-ring (bicyclic) bond motifs is 4. The number of hydrogen-bond donors (Lipinski definition) is 0. The molecule has 4 nitrogen and oxygen atoms in total. The first kappa shape index (κ1) is 30.5. The van der Waals surface area contributed by atoms with Crippen LogP contribution < -0.4 is 0 Å². The molecule has 0 bridgehead atoms. The maximum absolute atomic E-state index is 5.11. The fraction of sp³-hybridized carbons (Fsp3) is 0. The molecule has 0 aliphatic rings. The molecular weight excluding hydrogens is 673 g/mol. The second-order valence-electron chi connectivity index (χ2n) is 12.7. The summed E-state index contributed by atoms with van der Waals surface area (Å²) >= 11 is 3.54. The summed E-state index contributed by atoms with van der Waals surface area (Å²) in [5.74, 6) is 1.98. The van der Waals surface area contributed by atoms with Crippen molar-refractivity contribution in [3.8, 4) is 67.0 Å². The molecule has 0 spiro atoms. The van der Waals surface area contributed by atoms with Crippen LogP contribution in [0.3, 0.4) is 0 Å². The van der Waals surface area contributed by atoms with Crippen LogP contribution in [0.15, 0.2) is 170 Å². The average Bonchev–Trinajstić information content (AvgIpc) is 3.83. The number of thiazole rings is 1. The highest BCUT2D eigenvalue weighted by molar-refractivity contribution is 7.27. The van der Waals surface area contributed by atoms with E-state index in [0.29, 0.717) is 17.5 Å². The van der Waals surface area contributed by atoms with Crippen LogP contribution in [0, 0.1) is 0 Å². The van der Waals surface area contributed by atoms with Gasteiger partial charge in [0.05, 0.1) is 10.2 Å². The van der Waals surface area contributed by atoms with Crippen molar-refractivity contribution in [2.45, 2.75) is 0 Å². The van der Waals surface area contributed by atoms with Crippen molar-refractivity contribution in [3.05, 3.63) is 170 Å². The Bertz CT molecular complexity index is 2840. The van der Waals surface area contributed by atoms with E-state index in [4.69, 9.17) is 19.9 Å². The number of aromatic nitrogens is 4. The molecule has 0 fully saturated rings. The maximum Gasteiger partial charge on any atom is 0.165 e. The predicted octanol–water partition coefficient (Wildman–Crippen LogP) is 12.9.